The van der Waals surface area contributed by atoms with Crippen molar-refractivity contribution < 1.29 is 0 Å². The van der Waals surface area contributed by atoms with E-state index in [9.17, 15) is 0 Å². The summed E-state index contributed by atoms with van der Waals surface area (Å²) in [6, 6.07) is 3.94. The van der Waals surface area contributed by atoms with E-state index in [2.05, 4.69) is 30.9 Å². The highest BCUT2D eigenvalue weighted by Crippen LogP contribution is 1.88. The third-order valence-electron chi connectivity index (χ3n) is 1.48. The summed E-state index contributed by atoms with van der Waals surface area (Å²) < 4.78 is 0. The highest BCUT2D eigenvalue weighted by atomic mass is 15.0. The molecule has 12 heavy (non-hydrogen) atoms. The topological polar surface area (TPSA) is 16.1 Å². The summed E-state index contributed by atoms with van der Waals surface area (Å²) in [6.45, 7) is 5.31. The fourth-order valence-corrected chi connectivity index (χ4v) is 0.426. The molecule has 0 aromatic carbocycles. The van der Waals surface area contributed by atoms with Gasteiger partial charge in [0, 0.05) is 12.4 Å². The van der Waals surface area contributed by atoms with Gasteiger partial charge in [-0.15, -0.1) is 0 Å². The molecule has 0 aliphatic heterocycles. The molecule has 0 aliphatic carbocycles. The van der Waals surface area contributed by atoms with Crippen LogP contribution in [0.15, 0.2) is 24.5 Å². The van der Waals surface area contributed by atoms with Crippen LogP contribution in [-0.4, -0.2) is 30.5 Å². The fourth-order valence-electron chi connectivity index (χ4n) is 0.426. The van der Waals surface area contributed by atoms with Gasteiger partial charge < -0.3 is 4.90 Å². The molecule has 1 aromatic rings. The monoisotopic (exact) mass is 166 g/mol. The van der Waals surface area contributed by atoms with Crippen LogP contribution < -0.4 is 0 Å². The predicted octanol–water partition coefficient (Wildman–Crippen LogP) is 1.96. The number of rotatable bonds is 1. The smallest absolute Gasteiger partial charge is 0.0270 e. The first-order valence-electron chi connectivity index (χ1n) is 4.18. The number of aryl methyl sites for hydroxylation is 1. The minimum Gasteiger partial charge on any atom is -0.310 e. The molecule has 0 saturated heterocycles. The first kappa shape index (κ1) is 11.1. The zero-order chi connectivity index (χ0) is 9.40. The maximum absolute atomic E-state index is 3.85. The number of pyridine rings is 1. The minimum atomic E-state index is 1.14. The summed E-state index contributed by atoms with van der Waals surface area (Å²) in [5, 5.41) is 0. The van der Waals surface area contributed by atoms with Crippen LogP contribution in [-0.2, 0) is 0 Å². The Hall–Kier alpha value is -0.890. The standard InChI is InChI=1S/C6H7N.C4H11N/c1-6-2-4-7-5-3-6;1-4-5(2)3/h2-5H,1H3;4H2,1-3H3. The van der Waals surface area contributed by atoms with Gasteiger partial charge in [-0.05, 0) is 45.3 Å². The van der Waals surface area contributed by atoms with Crippen molar-refractivity contribution in [1.82, 2.24) is 9.88 Å². The first-order chi connectivity index (χ1) is 5.66. The van der Waals surface area contributed by atoms with Crippen molar-refractivity contribution in [2.75, 3.05) is 20.6 Å². The normalized spacial score (nSPS) is 9.08. The summed E-state index contributed by atoms with van der Waals surface area (Å²) in [5.74, 6) is 0. The molecule has 0 saturated carbocycles. The third kappa shape index (κ3) is 7.22. The summed E-state index contributed by atoms with van der Waals surface area (Å²) in [7, 11) is 4.11. The SMILES string of the molecule is CCN(C)C.Cc1ccncc1. The lowest BCUT2D eigenvalue weighted by Gasteiger charge is -2.00. The Labute approximate surface area is 75.2 Å². The third-order valence-corrected chi connectivity index (χ3v) is 1.48. The average Bonchev–Trinajstić information content (AvgIpc) is 2.07. The Bertz CT molecular complexity index is 182. The molecule has 2 heteroatoms. The maximum atomic E-state index is 3.85. The van der Waals surface area contributed by atoms with Crippen LogP contribution in [0.1, 0.15) is 12.5 Å². The maximum Gasteiger partial charge on any atom is 0.0270 e. The Morgan fingerprint density at radius 3 is 1.83 bits per heavy atom. The van der Waals surface area contributed by atoms with Crippen LogP contribution in [0.4, 0.5) is 0 Å². The van der Waals surface area contributed by atoms with Gasteiger partial charge >= 0.3 is 0 Å². The Morgan fingerprint density at radius 2 is 1.67 bits per heavy atom. The van der Waals surface area contributed by atoms with Crippen molar-refractivity contribution in [3.05, 3.63) is 30.1 Å². The van der Waals surface area contributed by atoms with Crippen molar-refractivity contribution in [2.24, 2.45) is 0 Å². The van der Waals surface area contributed by atoms with Gasteiger partial charge in [-0.2, -0.15) is 0 Å². The molecule has 0 aliphatic rings. The molecule has 0 N–H and O–H groups in total. The van der Waals surface area contributed by atoms with Crippen molar-refractivity contribution >= 4 is 0 Å². The predicted molar refractivity (Wildman–Crippen MR) is 53.2 cm³/mol. The lowest BCUT2D eigenvalue weighted by molar-refractivity contribution is 0.434. The Balaban J connectivity index is 0.000000217. The van der Waals surface area contributed by atoms with Crippen molar-refractivity contribution in [3.8, 4) is 0 Å². The molecule has 1 heterocycles. The Kier molecular flexibility index (Phi) is 6.29. The van der Waals surface area contributed by atoms with Crippen LogP contribution in [0, 0.1) is 6.92 Å². The zero-order valence-corrected chi connectivity index (χ0v) is 8.41. The van der Waals surface area contributed by atoms with Gasteiger partial charge in [-0.3, -0.25) is 4.98 Å². The second-order valence-corrected chi connectivity index (χ2v) is 2.92. The number of aromatic nitrogens is 1. The molecule has 68 valence electrons. The zero-order valence-electron chi connectivity index (χ0n) is 8.41. The lowest BCUT2D eigenvalue weighted by atomic mass is 10.3. The van der Waals surface area contributed by atoms with Crippen molar-refractivity contribution in [3.63, 3.8) is 0 Å². The molecule has 0 amide bonds. The molecule has 0 atom stereocenters. The van der Waals surface area contributed by atoms with Crippen LogP contribution >= 0.6 is 0 Å². The second-order valence-electron chi connectivity index (χ2n) is 2.92. The van der Waals surface area contributed by atoms with E-state index in [1.54, 1.807) is 12.4 Å². The van der Waals surface area contributed by atoms with E-state index in [-0.39, 0.29) is 0 Å². The van der Waals surface area contributed by atoms with Gasteiger partial charge in [0.05, 0.1) is 0 Å². The van der Waals surface area contributed by atoms with Gasteiger partial charge in [0.2, 0.25) is 0 Å². The van der Waals surface area contributed by atoms with Gasteiger partial charge in [0.15, 0.2) is 0 Å². The molecule has 0 radical (unpaired) electrons. The molecule has 0 unspecified atom stereocenters. The van der Waals surface area contributed by atoms with Gasteiger partial charge in [0.1, 0.15) is 0 Å². The minimum absolute atomic E-state index is 1.14. The fraction of sp³-hybridized carbons (Fsp3) is 0.500. The molecule has 1 rings (SSSR count). The molecule has 1 aromatic heterocycles. The van der Waals surface area contributed by atoms with Gasteiger partial charge in [-0.1, -0.05) is 6.92 Å². The highest BCUT2D eigenvalue weighted by molar-refractivity contribution is 5.05. The molecule has 2 nitrogen and oxygen atoms in total. The Morgan fingerprint density at radius 1 is 1.25 bits per heavy atom. The van der Waals surface area contributed by atoms with Crippen molar-refractivity contribution in [1.29, 1.82) is 0 Å². The average molecular weight is 166 g/mol. The van der Waals surface area contributed by atoms with Crippen molar-refractivity contribution in [2.45, 2.75) is 13.8 Å². The quantitative estimate of drug-likeness (QED) is 0.634. The number of nitrogens with zero attached hydrogens (tertiary/aromatic N) is 2. The lowest BCUT2D eigenvalue weighted by Crippen LogP contribution is -2.08. The van der Waals surface area contributed by atoms with E-state index in [1.807, 2.05) is 19.1 Å². The van der Waals surface area contributed by atoms with E-state index in [1.165, 1.54) is 5.56 Å². The summed E-state index contributed by atoms with van der Waals surface area (Å²) in [6.07, 6.45) is 3.57. The summed E-state index contributed by atoms with van der Waals surface area (Å²) in [4.78, 5) is 5.97. The molecule has 0 bridgehead atoms. The van der Waals surface area contributed by atoms with E-state index < -0.39 is 0 Å². The van der Waals surface area contributed by atoms with E-state index >= 15 is 0 Å². The number of hydrogen-bond donors (Lipinski definition) is 0. The molecular formula is C10H18N2. The van der Waals surface area contributed by atoms with Crippen LogP contribution in [0.25, 0.3) is 0 Å². The van der Waals surface area contributed by atoms with E-state index in [4.69, 9.17) is 0 Å². The summed E-state index contributed by atoms with van der Waals surface area (Å²) in [5.41, 5.74) is 1.26. The largest absolute Gasteiger partial charge is 0.310 e. The second kappa shape index (κ2) is 6.80. The van der Waals surface area contributed by atoms with Crippen LogP contribution in [0.5, 0.6) is 0 Å². The van der Waals surface area contributed by atoms with E-state index in [0.717, 1.165) is 6.54 Å². The molecule has 0 fully saturated rings. The first-order valence-corrected chi connectivity index (χ1v) is 4.18. The van der Waals surface area contributed by atoms with Gasteiger partial charge in [-0.25, -0.2) is 0 Å². The molecular weight excluding hydrogens is 148 g/mol. The van der Waals surface area contributed by atoms with Crippen LogP contribution in [0.2, 0.25) is 0 Å². The van der Waals surface area contributed by atoms with E-state index in [0.29, 0.717) is 0 Å². The number of hydrogen-bond acceptors (Lipinski definition) is 2. The van der Waals surface area contributed by atoms with Crippen LogP contribution in [0.3, 0.4) is 0 Å². The van der Waals surface area contributed by atoms with Gasteiger partial charge in [0.25, 0.3) is 0 Å². The molecule has 0 spiro atoms. The highest BCUT2D eigenvalue weighted by Gasteiger charge is 1.73. The summed E-state index contributed by atoms with van der Waals surface area (Å²) >= 11 is 0.